The molecule has 216 valence electrons. The molecule has 39 heavy (non-hydrogen) atoms. The summed E-state index contributed by atoms with van der Waals surface area (Å²) < 4.78 is 40.2. The molecule has 1 aliphatic carbocycles. The number of carbonyl (C=O) groups is 1. The summed E-state index contributed by atoms with van der Waals surface area (Å²) in [4.78, 5) is 24.0. The summed E-state index contributed by atoms with van der Waals surface area (Å²) in [5.41, 5.74) is 1.27. The molecule has 1 atom stereocenters. The first-order valence-corrected chi connectivity index (χ1v) is 15.2. The number of oxazole rings is 1. The molecule has 0 bridgehead atoms. The molecule has 0 spiro atoms. The van der Waals surface area contributed by atoms with E-state index in [4.69, 9.17) is 9.15 Å². The highest BCUT2D eigenvalue weighted by Crippen LogP contribution is 2.36. The van der Waals surface area contributed by atoms with E-state index in [0.717, 1.165) is 45.4 Å². The van der Waals surface area contributed by atoms with E-state index >= 15 is 0 Å². The fraction of sp³-hybridized carbons (Fsp3) is 0.643. The number of aromatic nitrogens is 1. The van der Waals surface area contributed by atoms with Crippen LogP contribution in [0.15, 0.2) is 27.6 Å². The van der Waals surface area contributed by atoms with Crippen LogP contribution in [0.3, 0.4) is 0 Å². The second kappa shape index (κ2) is 12.4. The largest absolute Gasteiger partial charge is 0.497 e. The number of nitrogens with zero attached hydrogens (tertiary/aromatic N) is 5. The van der Waals surface area contributed by atoms with Crippen LogP contribution in [0.1, 0.15) is 53.8 Å². The van der Waals surface area contributed by atoms with Crippen LogP contribution < -0.4 is 4.74 Å². The van der Waals surface area contributed by atoms with E-state index in [1.54, 1.807) is 38.0 Å². The van der Waals surface area contributed by atoms with Gasteiger partial charge in [-0.1, -0.05) is 6.92 Å². The lowest BCUT2D eigenvalue weighted by Crippen LogP contribution is -2.49. The summed E-state index contributed by atoms with van der Waals surface area (Å²) in [5, 5.41) is 0. The maximum absolute atomic E-state index is 13.8. The molecular formula is C28H43N5O5S. The van der Waals surface area contributed by atoms with Crippen molar-refractivity contribution in [2.75, 3.05) is 60.5 Å². The zero-order valence-electron chi connectivity index (χ0n) is 24.1. The molecule has 0 radical (unpaired) electrons. The highest BCUT2D eigenvalue weighted by atomic mass is 32.2. The van der Waals surface area contributed by atoms with Gasteiger partial charge in [0, 0.05) is 38.8 Å². The highest BCUT2D eigenvalue weighted by Gasteiger charge is 2.40. The number of aryl methyl sites for hydroxylation is 2. The summed E-state index contributed by atoms with van der Waals surface area (Å²) in [6.07, 6.45) is 4.22. The van der Waals surface area contributed by atoms with Crippen molar-refractivity contribution in [3.05, 3.63) is 41.1 Å². The van der Waals surface area contributed by atoms with Crippen molar-refractivity contribution in [3.8, 4) is 5.75 Å². The van der Waals surface area contributed by atoms with Gasteiger partial charge in [-0.15, -0.1) is 0 Å². The number of benzene rings is 1. The van der Waals surface area contributed by atoms with Crippen molar-refractivity contribution in [1.82, 2.24) is 24.0 Å². The minimum Gasteiger partial charge on any atom is -0.497 e. The number of ether oxygens (including phenoxy) is 1. The lowest BCUT2D eigenvalue weighted by atomic mass is 10.1. The first-order valence-electron chi connectivity index (χ1n) is 13.8. The Morgan fingerprint density at radius 1 is 1.15 bits per heavy atom. The number of piperazine rings is 1. The van der Waals surface area contributed by atoms with E-state index < -0.39 is 10.0 Å². The fourth-order valence-corrected chi connectivity index (χ4v) is 7.30. The zero-order valence-corrected chi connectivity index (χ0v) is 25.0. The molecule has 11 heteroatoms. The molecular weight excluding hydrogens is 518 g/mol. The molecule has 2 aliphatic rings. The van der Waals surface area contributed by atoms with Gasteiger partial charge in [0.15, 0.2) is 0 Å². The predicted octanol–water partition coefficient (Wildman–Crippen LogP) is 3.00. The molecule has 1 saturated carbocycles. The number of carbonyl (C=O) groups excluding carboxylic acids is 1. The van der Waals surface area contributed by atoms with E-state index in [1.165, 1.54) is 10.5 Å². The smallest absolute Gasteiger partial charge is 0.309 e. The quantitative estimate of drug-likeness (QED) is 0.390. The fourth-order valence-electron chi connectivity index (χ4n) is 5.24. The van der Waals surface area contributed by atoms with Crippen LogP contribution in [-0.2, 0) is 16.6 Å². The third-order valence-corrected chi connectivity index (χ3v) is 9.74. The molecule has 1 aromatic heterocycles. The van der Waals surface area contributed by atoms with Gasteiger partial charge in [-0.2, -0.15) is 4.31 Å². The minimum atomic E-state index is -3.79. The number of sulfonamides is 1. The molecule has 1 saturated heterocycles. The Balaban J connectivity index is 1.39. The number of amides is 1. The van der Waals surface area contributed by atoms with Crippen molar-refractivity contribution >= 4 is 15.9 Å². The van der Waals surface area contributed by atoms with Gasteiger partial charge in [0.1, 0.15) is 11.5 Å². The maximum Gasteiger partial charge on any atom is 0.309 e. The SMILES string of the molecule is COc1cc(C)c(S(=O)(=O)N(Cc2cnc(C(=O)N3CCN(CC(C)CCN(C)C)CC3)o2)C2CC2)c(C)c1. The summed E-state index contributed by atoms with van der Waals surface area (Å²) >= 11 is 0. The summed E-state index contributed by atoms with van der Waals surface area (Å²) in [5.74, 6) is 1.36. The zero-order chi connectivity index (χ0) is 28.3. The second-order valence-corrected chi connectivity index (χ2v) is 13.1. The van der Waals surface area contributed by atoms with Crippen LogP contribution in [0.2, 0.25) is 0 Å². The summed E-state index contributed by atoms with van der Waals surface area (Å²) in [6.45, 7) is 10.9. The van der Waals surface area contributed by atoms with Crippen LogP contribution in [0.25, 0.3) is 0 Å². The first-order chi connectivity index (χ1) is 18.5. The van der Waals surface area contributed by atoms with E-state index in [1.807, 2.05) is 0 Å². The van der Waals surface area contributed by atoms with Gasteiger partial charge in [0.25, 0.3) is 5.89 Å². The molecule has 4 rings (SSSR count). The highest BCUT2D eigenvalue weighted by molar-refractivity contribution is 7.89. The van der Waals surface area contributed by atoms with Gasteiger partial charge in [-0.05, 0) is 82.9 Å². The van der Waals surface area contributed by atoms with E-state index in [9.17, 15) is 13.2 Å². The number of hydrogen-bond acceptors (Lipinski definition) is 8. The monoisotopic (exact) mass is 561 g/mol. The van der Waals surface area contributed by atoms with Crippen molar-refractivity contribution in [1.29, 1.82) is 0 Å². The molecule has 10 nitrogen and oxygen atoms in total. The summed E-state index contributed by atoms with van der Waals surface area (Å²) in [7, 11) is 1.96. The van der Waals surface area contributed by atoms with Crippen LogP contribution in [0, 0.1) is 19.8 Å². The summed E-state index contributed by atoms with van der Waals surface area (Å²) in [6, 6.07) is 3.38. The number of rotatable bonds is 12. The standard InChI is InChI=1S/C28H43N5O5S/c1-20(9-10-30(4)5)18-31-11-13-32(14-12-31)28(34)27-29-17-25(38-27)19-33(23-7-8-23)39(35,36)26-21(2)15-24(37-6)16-22(26)3/h15-17,20,23H,7-14,18-19H2,1-6H3. The molecule has 2 fully saturated rings. The first kappa shape index (κ1) is 29.5. The number of methoxy groups -OCH3 is 1. The van der Waals surface area contributed by atoms with Gasteiger partial charge < -0.3 is 19.0 Å². The Morgan fingerprint density at radius 3 is 2.36 bits per heavy atom. The van der Waals surface area contributed by atoms with Crippen molar-refractivity contribution in [3.63, 3.8) is 0 Å². The molecule has 1 unspecified atom stereocenters. The Labute approximate surface area is 232 Å². The van der Waals surface area contributed by atoms with E-state index in [2.05, 4.69) is 35.8 Å². The minimum absolute atomic E-state index is 0.0164. The molecule has 1 aliphatic heterocycles. The maximum atomic E-state index is 13.8. The van der Waals surface area contributed by atoms with Crippen LogP contribution >= 0.6 is 0 Å². The lowest BCUT2D eigenvalue weighted by Gasteiger charge is -2.35. The van der Waals surface area contributed by atoms with Crippen molar-refractivity contribution in [2.45, 2.75) is 57.5 Å². The molecule has 1 aromatic carbocycles. The van der Waals surface area contributed by atoms with Gasteiger partial charge in [0.05, 0.1) is 24.7 Å². The third kappa shape index (κ3) is 7.19. The normalized spacial score (nSPS) is 17.7. The predicted molar refractivity (Wildman–Crippen MR) is 149 cm³/mol. The Kier molecular flexibility index (Phi) is 9.36. The molecule has 2 heterocycles. The van der Waals surface area contributed by atoms with Crippen molar-refractivity contribution < 1.29 is 22.4 Å². The van der Waals surface area contributed by atoms with Gasteiger partial charge in [-0.3, -0.25) is 9.69 Å². The second-order valence-electron chi connectivity index (χ2n) is 11.3. The Bertz CT molecular complexity index is 1230. The van der Waals surface area contributed by atoms with E-state index in [0.29, 0.717) is 46.5 Å². The average Bonchev–Trinajstić information content (AvgIpc) is 3.61. The van der Waals surface area contributed by atoms with Crippen LogP contribution in [0.5, 0.6) is 5.75 Å². The van der Waals surface area contributed by atoms with Gasteiger partial charge in [0.2, 0.25) is 10.0 Å². The van der Waals surface area contributed by atoms with Crippen molar-refractivity contribution in [2.24, 2.45) is 5.92 Å². The topological polar surface area (TPSA) is 99.4 Å². The van der Waals surface area contributed by atoms with E-state index in [-0.39, 0.29) is 24.4 Å². The Hall–Kier alpha value is -2.47. The third-order valence-electron chi connectivity index (χ3n) is 7.54. The molecule has 1 amide bonds. The van der Waals surface area contributed by atoms with Crippen LogP contribution in [0.4, 0.5) is 0 Å². The molecule has 2 aromatic rings. The van der Waals surface area contributed by atoms with Gasteiger partial charge in [-0.25, -0.2) is 13.4 Å². The average molecular weight is 562 g/mol. The number of hydrogen-bond donors (Lipinski definition) is 0. The Morgan fingerprint density at radius 2 is 1.79 bits per heavy atom. The van der Waals surface area contributed by atoms with Crippen LogP contribution in [-0.4, -0.2) is 105 Å². The van der Waals surface area contributed by atoms with Gasteiger partial charge >= 0.3 is 5.91 Å². The molecule has 0 N–H and O–H groups in total. The lowest BCUT2D eigenvalue weighted by molar-refractivity contribution is 0.0577.